The van der Waals surface area contributed by atoms with Crippen molar-refractivity contribution in [3.63, 3.8) is 0 Å². The van der Waals surface area contributed by atoms with Crippen LogP contribution in [0.25, 0.3) is 0 Å². The van der Waals surface area contributed by atoms with Gasteiger partial charge in [0.05, 0.1) is 6.33 Å². The molecule has 3 heteroatoms. The van der Waals surface area contributed by atoms with Gasteiger partial charge in [-0.2, -0.15) is 0 Å². The highest BCUT2D eigenvalue weighted by Crippen LogP contribution is 2.08. The minimum Gasteiger partial charge on any atom is -0.337 e. The van der Waals surface area contributed by atoms with Gasteiger partial charge in [-0.1, -0.05) is 54.7 Å². The van der Waals surface area contributed by atoms with Crippen LogP contribution in [0.5, 0.6) is 0 Å². The van der Waals surface area contributed by atoms with Crippen molar-refractivity contribution < 1.29 is 0 Å². The predicted molar refractivity (Wildman–Crippen MR) is 73.4 cm³/mol. The van der Waals surface area contributed by atoms with Crippen molar-refractivity contribution in [2.24, 2.45) is 0 Å². The van der Waals surface area contributed by atoms with Crippen molar-refractivity contribution in [1.82, 2.24) is 9.55 Å². The SMILES string of the molecule is ICCCCCCCCCn1ccnc1. The number of hydrogen-bond acceptors (Lipinski definition) is 1. The Kier molecular flexibility index (Phi) is 7.97. The van der Waals surface area contributed by atoms with Crippen LogP contribution in [0, 0.1) is 0 Å². The molecule has 0 fully saturated rings. The lowest BCUT2D eigenvalue weighted by molar-refractivity contribution is 0.551. The number of imidazole rings is 1. The number of nitrogens with zero attached hydrogens (tertiary/aromatic N) is 2. The molecule has 0 radical (unpaired) electrons. The first kappa shape index (κ1) is 13.0. The summed E-state index contributed by atoms with van der Waals surface area (Å²) in [5.41, 5.74) is 0. The monoisotopic (exact) mass is 320 g/mol. The molecule has 0 unspecified atom stereocenters. The zero-order valence-electron chi connectivity index (χ0n) is 9.37. The summed E-state index contributed by atoms with van der Waals surface area (Å²) in [5.74, 6) is 0. The summed E-state index contributed by atoms with van der Waals surface area (Å²) < 4.78 is 3.48. The summed E-state index contributed by atoms with van der Waals surface area (Å²) in [7, 11) is 0. The van der Waals surface area contributed by atoms with Gasteiger partial charge in [0.25, 0.3) is 0 Å². The molecule has 0 saturated heterocycles. The summed E-state index contributed by atoms with van der Waals surface area (Å²) in [6.45, 7) is 1.13. The number of aryl methyl sites for hydroxylation is 1. The van der Waals surface area contributed by atoms with Gasteiger partial charge in [-0.15, -0.1) is 0 Å². The van der Waals surface area contributed by atoms with Gasteiger partial charge in [0.15, 0.2) is 0 Å². The van der Waals surface area contributed by atoms with E-state index < -0.39 is 0 Å². The normalized spacial score (nSPS) is 10.7. The quantitative estimate of drug-likeness (QED) is 0.381. The van der Waals surface area contributed by atoms with E-state index in [4.69, 9.17) is 0 Å². The molecule has 0 amide bonds. The second-order valence-corrected chi connectivity index (χ2v) is 5.04. The van der Waals surface area contributed by atoms with Gasteiger partial charge >= 0.3 is 0 Å². The van der Waals surface area contributed by atoms with Crippen LogP contribution in [0.4, 0.5) is 0 Å². The summed E-state index contributed by atoms with van der Waals surface area (Å²) >= 11 is 2.46. The van der Waals surface area contributed by atoms with Crippen LogP contribution >= 0.6 is 22.6 Å². The maximum absolute atomic E-state index is 4.03. The van der Waals surface area contributed by atoms with Gasteiger partial charge in [0, 0.05) is 18.9 Å². The van der Waals surface area contributed by atoms with E-state index in [-0.39, 0.29) is 0 Å². The van der Waals surface area contributed by atoms with Crippen LogP contribution in [0.1, 0.15) is 44.9 Å². The molecule has 0 N–H and O–H groups in total. The molecule has 0 bridgehead atoms. The Bertz CT molecular complexity index is 222. The fraction of sp³-hybridized carbons (Fsp3) is 0.750. The van der Waals surface area contributed by atoms with E-state index in [1.54, 1.807) is 0 Å². The lowest BCUT2D eigenvalue weighted by Gasteiger charge is -2.02. The van der Waals surface area contributed by atoms with Gasteiger partial charge in [-0.3, -0.25) is 0 Å². The lowest BCUT2D eigenvalue weighted by Crippen LogP contribution is -1.93. The molecule has 0 saturated carbocycles. The first-order chi connectivity index (χ1) is 7.43. The highest BCUT2D eigenvalue weighted by molar-refractivity contribution is 14.1. The van der Waals surface area contributed by atoms with Crippen LogP contribution < -0.4 is 0 Å². The first-order valence-corrected chi connectivity index (χ1v) is 7.48. The number of hydrogen-bond donors (Lipinski definition) is 0. The van der Waals surface area contributed by atoms with Gasteiger partial charge in [-0.05, 0) is 17.3 Å². The average Bonchev–Trinajstić information content (AvgIpc) is 2.75. The molecule has 1 heterocycles. The standard InChI is InChI=1S/C12H21IN2/c13-8-6-4-2-1-3-5-7-10-15-11-9-14-12-15/h9,11-12H,1-8,10H2. The van der Waals surface area contributed by atoms with Gasteiger partial charge in [0.1, 0.15) is 0 Å². The van der Waals surface area contributed by atoms with Gasteiger partial charge < -0.3 is 4.57 Å². The topological polar surface area (TPSA) is 17.8 Å². The molecule has 2 nitrogen and oxygen atoms in total. The van der Waals surface area contributed by atoms with E-state index in [9.17, 15) is 0 Å². The summed E-state index contributed by atoms with van der Waals surface area (Å²) in [5, 5.41) is 0. The van der Waals surface area contributed by atoms with E-state index in [1.165, 1.54) is 49.4 Å². The summed E-state index contributed by atoms with van der Waals surface area (Å²) in [6, 6.07) is 0. The number of aromatic nitrogens is 2. The molecular formula is C12H21IN2. The Hall–Kier alpha value is -0.0600. The Balaban J connectivity index is 1.81. The Morgan fingerprint density at radius 2 is 1.60 bits per heavy atom. The molecular weight excluding hydrogens is 299 g/mol. The van der Waals surface area contributed by atoms with Crippen molar-refractivity contribution in [3.05, 3.63) is 18.7 Å². The highest BCUT2D eigenvalue weighted by atomic mass is 127. The Labute approximate surface area is 107 Å². The third-order valence-electron chi connectivity index (χ3n) is 2.61. The third kappa shape index (κ3) is 6.93. The van der Waals surface area contributed by atoms with E-state index in [2.05, 4.69) is 32.1 Å². The zero-order valence-corrected chi connectivity index (χ0v) is 11.5. The van der Waals surface area contributed by atoms with Crippen molar-refractivity contribution in [1.29, 1.82) is 0 Å². The van der Waals surface area contributed by atoms with Crippen molar-refractivity contribution in [2.75, 3.05) is 4.43 Å². The maximum Gasteiger partial charge on any atom is 0.0945 e. The minimum atomic E-state index is 1.13. The molecule has 0 atom stereocenters. The van der Waals surface area contributed by atoms with Crippen LogP contribution in [0.2, 0.25) is 0 Å². The fourth-order valence-corrected chi connectivity index (χ4v) is 2.23. The molecule has 1 aromatic heterocycles. The molecule has 0 aromatic carbocycles. The second kappa shape index (κ2) is 9.19. The molecule has 15 heavy (non-hydrogen) atoms. The number of rotatable bonds is 9. The average molecular weight is 320 g/mol. The van der Waals surface area contributed by atoms with E-state index >= 15 is 0 Å². The minimum absolute atomic E-state index is 1.13. The largest absolute Gasteiger partial charge is 0.337 e. The van der Waals surface area contributed by atoms with E-state index in [1.807, 2.05) is 18.7 Å². The maximum atomic E-state index is 4.03. The van der Waals surface area contributed by atoms with Crippen LogP contribution in [0.15, 0.2) is 18.7 Å². The number of alkyl halides is 1. The third-order valence-corrected chi connectivity index (χ3v) is 3.37. The Morgan fingerprint density at radius 1 is 0.933 bits per heavy atom. The lowest BCUT2D eigenvalue weighted by atomic mass is 10.1. The van der Waals surface area contributed by atoms with Crippen molar-refractivity contribution in [2.45, 2.75) is 51.5 Å². The summed E-state index contributed by atoms with van der Waals surface area (Å²) in [6.07, 6.45) is 15.5. The van der Waals surface area contributed by atoms with Crippen LogP contribution in [0.3, 0.4) is 0 Å². The smallest absolute Gasteiger partial charge is 0.0945 e. The summed E-state index contributed by atoms with van der Waals surface area (Å²) in [4.78, 5) is 4.03. The number of halogens is 1. The van der Waals surface area contributed by atoms with Crippen LogP contribution in [-0.2, 0) is 6.54 Å². The predicted octanol–water partition coefficient (Wildman–Crippen LogP) is 4.05. The molecule has 1 rings (SSSR count). The molecule has 1 aromatic rings. The number of unbranched alkanes of at least 4 members (excludes halogenated alkanes) is 6. The van der Waals surface area contributed by atoms with Crippen molar-refractivity contribution >= 4 is 22.6 Å². The molecule has 0 aliphatic heterocycles. The fourth-order valence-electron chi connectivity index (χ4n) is 1.69. The van der Waals surface area contributed by atoms with Gasteiger partial charge in [0.2, 0.25) is 0 Å². The van der Waals surface area contributed by atoms with E-state index in [0.29, 0.717) is 0 Å². The zero-order chi connectivity index (χ0) is 10.8. The van der Waals surface area contributed by atoms with Crippen molar-refractivity contribution in [3.8, 4) is 0 Å². The molecule has 0 aliphatic carbocycles. The molecule has 86 valence electrons. The molecule has 0 aliphatic rings. The van der Waals surface area contributed by atoms with Crippen LogP contribution in [-0.4, -0.2) is 14.0 Å². The van der Waals surface area contributed by atoms with Gasteiger partial charge in [-0.25, -0.2) is 4.98 Å². The molecule has 0 spiro atoms. The Morgan fingerprint density at radius 3 is 2.20 bits per heavy atom. The first-order valence-electron chi connectivity index (χ1n) is 5.95. The highest BCUT2D eigenvalue weighted by Gasteiger charge is 1.92. The second-order valence-electron chi connectivity index (χ2n) is 3.96. The van der Waals surface area contributed by atoms with E-state index in [0.717, 1.165) is 6.54 Å².